The van der Waals surface area contributed by atoms with E-state index in [-0.39, 0.29) is 4.90 Å². The van der Waals surface area contributed by atoms with Gasteiger partial charge in [-0.05, 0) is 18.2 Å². The molecule has 2 aromatic rings. The Morgan fingerprint density at radius 3 is 2.40 bits per heavy atom. The molecule has 7 heteroatoms. The number of pyridine rings is 1. The topological polar surface area (TPSA) is 50.2 Å². The number of benzene rings is 1. The Balaban J connectivity index is 2.45. The number of rotatable bonds is 3. The van der Waals surface area contributed by atoms with Crippen LogP contribution in [0.2, 0.25) is 0 Å². The van der Waals surface area contributed by atoms with Crippen LogP contribution in [-0.4, -0.2) is 16.1 Å². The fourth-order valence-corrected chi connectivity index (χ4v) is 2.42. The van der Waals surface area contributed by atoms with E-state index in [2.05, 4.69) is 4.98 Å². The Labute approximate surface area is 116 Å². The summed E-state index contributed by atoms with van der Waals surface area (Å²) in [6.07, 6.45) is -4.03. The average molecular weight is 299 g/mol. The quantitative estimate of drug-likeness (QED) is 0.932. The van der Waals surface area contributed by atoms with Gasteiger partial charge in [-0.25, -0.2) is 9.78 Å². The molecule has 0 radical (unpaired) electrons. The summed E-state index contributed by atoms with van der Waals surface area (Å²) >= 11 is 0.929. The molecule has 0 saturated heterocycles. The number of carbonyl (C=O) groups is 1. The van der Waals surface area contributed by atoms with Crippen LogP contribution in [0.3, 0.4) is 0 Å². The molecule has 1 heterocycles. The number of nitrogens with zero attached hydrogens (tertiary/aromatic N) is 1. The van der Waals surface area contributed by atoms with E-state index in [1.165, 1.54) is 0 Å². The summed E-state index contributed by atoms with van der Waals surface area (Å²) in [5, 5.41) is 8.98. The average Bonchev–Trinajstić information content (AvgIpc) is 2.38. The van der Waals surface area contributed by atoms with Crippen molar-refractivity contribution in [2.24, 2.45) is 0 Å². The number of hydrogen-bond acceptors (Lipinski definition) is 3. The maximum atomic E-state index is 12.6. The van der Waals surface area contributed by atoms with Gasteiger partial charge in [-0.1, -0.05) is 30.0 Å². The van der Waals surface area contributed by atoms with Crippen molar-refractivity contribution in [2.45, 2.75) is 16.0 Å². The van der Waals surface area contributed by atoms with Crippen LogP contribution >= 0.6 is 11.8 Å². The van der Waals surface area contributed by atoms with Crippen molar-refractivity contribution in [2.75, 3.05) is 0 Å². The smallest absolute Gasteiger partial charge is 0.417 e. The zero-order valence-corrected chi connectivity index (χ0v) is 10.7. The molecule has 0 aliphatic heterocycles. The maximum absolute atomic E-state index is 12.6. The molecule has 3 nitrogen and oxygen atoms in total. The predicted octanol–water partition coefficient (Wildman–Crippen LogP) is 3.95. The number of carboxylic acids is 1. The lowest BCUT2D eigenvalue weighted by Gasteiger charge is -2.10. The first-order valence-electron chi connectivity index (χ1n) is 5.41. The van der Waals surface area contributed by atoms with Crippen molar-refractivity contribution in [1.29, 1.82) is 0 Å². The second kappa shape index (κ2) is 5.54. The summed E-state index contributed by atoms with van der Waals surface area (Å²) in [4.78, 5) is 15.0. The number of alkyl halides is 3. The largest absolute Gasteiger partial charge is 0.476 e. The minimum Gasteiger partial charge on any atom is -0.476 e. The SMILES string of the molecule is O=C(O)c1ncc(C(F)(F)F)cc1Sc1ccccc1. The van der Waals surface area contributed by atoms with E-state index in [1.54, 1.807) is 30.3 Å². The van der Waals surface area contributed by atoms with Crippen LogP contribution < -0.4 is 0 Å². The number of hydrogen-bond donors (Lipinski definition) is 1. The zero-order chi connectivity index (χ0) is 14.8. The minimum atomic E-state index is -4.56. The first-order valence-corrected chi connectivity index (χ1v) is 6.23. The Kier molecular flexibility index (Phi) is 3.99. The molecule has 20 heavy (non-hydrogen) atoms. The van der Waals surface area contributed by atoms with Gasteiger partial charge in [-0.3, -0.25) is 0 Å². The highest BCUT2D eigenvalue weighted by atomic mass is 32.2. The molecule has 104 valence electrons. The zero-order valence-electron chi connectivity index (χ0n) is 9.89. The fraction of sp³-hybridized carbons (Fsp3) is 0.0769. The Morgan fingerprint density at radius 2 is 1.85 bits per heavy atom. The standard InChI is InChI=1S/C13H8F3NO2S/c14-13(15,16)8-6-10(11(12(18)19)17-7-8)20-9-4-2-1-3-5-9/h1-7H,(H,18,19). The van der Waals surface area contributed by atoms with Crippen LogP contribution in [-0.2, 0) is 6.18 Å². The van der Waals surface area contributed by atoms with E-state index in [9.17, 15) is 18.0 Å². The number of aromatic carboxylic acids is 1. The van der Waals surface area contributed by atoms with E-state index in [4.69, 9.17) is 5.11 Å². The fourth-order valence-electron chi connectivity index (χ4n) is 1.45. The van der Waals surface area contributed by atoms with Gasteiger partial charge in [0.1, 0.15) is 0 Å². The van der Waals surface area contributed by atoms with Crippen molar-refractivity contribution in [1.82, 2.24) is 4.98 Å². The highest BCUT2D eigenvalue weighted by Gasteiger charge is 2.32. The third-order valence-electron chi connectivity index (χ3n) is 2.35. The van der Waals surface area contributed by atoms with E-state index in [1.807, 2.05) is 0 Å². The Morgan fingerprint density at radius 1 is 1.20 bits per heavy atom. The third-order valence-corrected chi connectivity index (χ3v) is 3.39. The second-order valence-electron chi connectivity index (χ2n) is 3.79. The van der Waals surface area contributed by atoms with Crippen molar-refractivity contribution >= 4 is 17.7 Å². The van der Waals surface area contributed by atoms with Crippen molar-refractivity contribution in [3.05, 3.63) is 53.9 Å². The van der Waals surface area contributed by atoms with Crippen LogP contribution in [0, 0.1) is 0 Å². The molecule has 0 saturated carbocycles. The van der Waals surface area contributed by atoms with Gasteiger partial charge >= 0.3 is 12.1 Å². The van der Waals surface area contributed by atoms with Gasteiger partial charge < -0.3 is 5.11 Å². The predicted molar refractivity (Wildman–Crippen MR) is 66.8 cm³/mol. The van der Waals surface area contributed by atoms with Crippen molar-refractivity contribution < 1.29 is 23.1 Å². The van der Waals surface area contributed by atoms with Crippen LogP contribution in [0.4, 0.5) is 13.2 Å². The van der Waals surface area contributed by atoms with Gasteiger partial charge in [0.2, 0.25) is 0 Å². The van der Waals surface area contributed by atoms with Gasteiger partial charge in [-0.2, -0.15) is 13.2 Å². The van der Waals surface area contributed by atoms with E-state index >= 15 is 0 Å². The molecule has 0 unspecified atom stereocenters. The highest BCUT2D eigenvalue weighted by molar-refractivity contribution is 7.99. The van der Waals surface area contributed by atoms with Gasteiger partial charge in [-0.15, -0.1) is 0 Å². The molecule has 0 amide bonds. The van der Waals surface area contributed by atoms with Crippen molar-refractivity contribution in [3.8, 4) is 0 Å². The number of aromatic nitrogens is 1. The molecule has 0 aliphatic carbocycles. The summed E-state index contributed by atoms with van der Waals surface area (Å²) in [7, 11) is 0. The first-order chi connectivity index (χ1) is 9.38. The van der Waals surface area contributed by atoms with Crippen LogP contribution in [0.15, 0.2) is 52.4 Å². The van der Waals surface area contributed by atoms with Crippen molar-refractivity contribution in [3.63, 3.8) is 0 Å². The molecule has 1 aromatic heterocycles. The summed E-state index contributed by atoms with van der Waals surface area (Å²) in [5.74, 6) is -1.36. The van der Waals surface area contributed by atoms with Crippen LogP contribution in [0.25, 0.3) is 0 Å². The lowest BCUT2D eigenvalue weighted by atomic mass is 10.2. The maximum Gasteiger partial charge on any atom is 0.417 e. The van der Waals surface area contributed by atoms with Crippen LogP contribution in [0.1, 0.15) is 16.1 Å². The molecular weight excluding hydrogens is 291 g/mol. The molecule has 0 bridgehead atoms. The third kappa shape index (κ3) is 3.30. The second-order valence-corrected chi connectivity index (χ2v) is 4.90. The van der Waals surface area contributed by atoms with E-state index in [0.29, 0.717) is 11.1 Å². The molecular formula is C13H8F3NO2S. The minimum absolute atomic E-state index is 0.0430. The molecule has 0 spiro atoms. The normalized spacial score (nSPS) is 11.3. The van der Waals surface area contributed by atoms with Gasteiger partial charge in [0, 0.05) is 16.0 Å². The lowest BCUT2D eigenvalue weighted by molar-refractivity contribution is -0.138. The monoisotopic (exact) mass is 299 g/mol. The molecule has 0 fully saturated rings. The highest BCUT2D eigenvalue weighted by Crippen LogP contribution is 2.35. The number of halogens is 3. The lowest BCUT2D eigenvalue weighted by Crippen LogP contribution is -2.09. The summed E-state index contributed by atoms with van der Waals surface area (Å²) in [6, 6.07) is 9.33. The summed E-state index contributed by atoms with van der Waals surface area (Å²) in [5.41, 5.74) is -1.37. The van der Waals surface area contributed by atoms with Crippen LogP contribution in [0.5, 0.6) is 0 Å². The summed E-state index contributed by atoms with van der Waals surface area (Å²) in [6.45, 7) is 0. The Hall–Kier alpha value is -2.02. The first kappa shape index (κ1) is 14.4. The van der Waals surface area contributed by atoms with E-state index in [0.717, 1.165) is 17.8 Å². The van der Waals surface area contributed by atoms with E-state index < -0.39 is 23.4 Å². The molecule has 1 aromatic carbocycles. The molecule has 1 N–H and O–H groups in total. The van der Waals surface area contributed by atoms with Gasteiger partial charge in [0.15, 0.2) is 5.69 Å². The summed E-state index contributed by atoms with van der Waals surface area (Å²) < 4.78 is 37.9. The van der Waals surface area contributed by atoms with Gasteiger partial charge in [0.25, 0.3) is 0 Å². The molecule has 2 rings (SSSR count). The number of carboxylic acid groups (broad SMARTS) is 1. The molecule has 0 aliphatic rings. The van der Waals surface area contributed by atoms with Gasteiger partial charge in [0.05, 0.1) is 5.56 Å². The Bertz CT molecular complexity index is 629. The molecule has 0 atom stereocenters.